The number of amides is 1. The molecule has 0 aromatic heterocycles. The van der Waals surface area contributed by atoms with Gasteiger partial charge in [-0.15, -0.1) is 0 Å². The van der Waals surface area contributed by atoms with Crippen LogP contribution in [0, 0.1) is 6.92 Å². The molecular formula is C16H26N2O4S. The third kappa shape index (κ3) is 5.84. The Balaban J connectivity index is 2.70. The van der Waals surface area contributed by atoms with E-state index in [0.29, 0.717) is 24.4 Å². The molecule has 0 spiro atoms. The molecule has 0 atom stereocenters. The van der Waals surface area contributed by atoms with Gasteiger partial charge in [0.2, 0.25) is 15.9 Å². The predicted molar refractivity (Wildman–Crippen MR) is 90.1 cm³/mol. The minimum atomic E-state index is -3.60. The SMILES string of the molecule is CCCCN(CCNS(=O)(=O)c1ccc(OC)cc1C)C(C)=O. The Labute approximate surface area is 138 Å². The van der Waals surface area contributed by atoms with Crippen LogP contribution in [0.15, 0.2) is 23.1 Å². The molecule has 0 heterocycles. The fraction of sp³-hybridized carbons (Fsp3) is 0.562. The van der Waals surface area contributed by atoms with E-state index in [-0.39, 0.29) is 17.3 Å². The number of benzene rings is 1. The summed E-state index contributed by atoms with van der Waals surface area (Å²) in [5.41, 5.74) is 0.617. The highest BCUT2D eigenvalue weighted by Gasteiger charge is 2.17. The molecule has 1 rings (SSSR count). The van der Waals surface area contributed by atoms with Crippen molar-refractivity contribution < 1.29 is 17.9 Å². The zero-order valence-electron chi connectivity index (χ0n) is 14.3. The first-order valence-corrected chi connectivity index (χ1v) is 9.20. The maximum Gasteiger partial charge on any atom is 0.240 e. The molecule has 0 unspecified atom stereocenters. The maximum absolute atomic E-state index is 12.4. The second kappa shape index (κ2) is 8.88. The molecule has 6 nitrogen and oxygen atoms in total. The molecule has 7 heteroatoms. The normalized spacial score (nSPS) is 11.3. The molecule has 1 N–H and O–H groups in total. The Morgan fingerprint density at radius 2 is 2.00 bits per heavy atom. The van der Waals surface area contributed by atoms with Gasteiger partial charge in [-0.1, -0.05) is 13.3 Å². The highest BCUT2D eigenvalue weighted by atomic mass is 32.2. The van der Waals surface area contributed by atoms with Crippen molar-refractivity contribution in [1.82, 2.24) is 9.62 Å². The van der Waals surface area contributed by atoms with Gasteiger partial charge in [0, 0.05) is 26.6 Å². The second-order valence-electron chi connectivity index (χ2n) is 5.39. The van der Waals surface area contributed by atoms with Crippen LogP contribution in [-0.2, 0) is 14.8 Å². The smallest absolute Gasteiger partial charge is 0.240 e. The van der Waals surface area contributed by atoms with Crippen LogP contribution in [0.1, 0.15) is 32.3 Å². The highest BCUT2D eigenvalue weighted by Crippen LogP contribution is 2.20. The Bertz CT molecular complexity index is 629. The Kier molecular flexibility index (Phi) is 7.51. The quantitative estimate of drug-likeness (QED) is 0.744. The summed E-state index contributed by atoms with van der Waals surface area (Å²) in [5.74, 6) is 0.571. The van der Waals surface area contributed by atoms with Crippen LogP contribution < -0.4 is 9.46 Å². The third-order valence-corrected chi connectivity index (χ3v) is 5.19. The van der Waals surface area contributed by atoms with Crippen molar-refractivity contribution in [3.05, 3.63) is 23.8 Å². The molecule has 0 aliphatic rings. The van der Waals surface area contributed by atoms with Gasteiger partial charge in [-0.05, 0) is 37.1 Å². The third-order valence-electron chi connectivity index (χ3n) is 3.57. The first-order chi connectivity index (χ1) is 10.8. The fourth-order valence-electron chi connectivity index (χ4n) is 2.22. The van der Waals surface area contributed by atoms with Crippen molar-refractivity contribution in [3.63, 3.8) is 0 Å². The largest absolute Gasteiger partial charge is 0.497 e. The van der Waals surface area contributed by atoms with Crippen LogP contribution in [0.3, 0.4) is 0 Å². The van der Waals surface area contributed by atoms with Gasteiger partial charge in [0.25, 0.3) is 0 Å². The molecule has 0 fully saturated rings. The number of hydrogen-bond donors (Lipinski definition) is 1. The molecular weight excluding hydrogens is 316 g/mol. The van der Waals surface area contributed by atoms with Crippen LogP contribution in [0.4, 0.5) is 0 Å². The van der Waals surface area contributed by atoms with Crippen molar-refractivity contribution in [2.24, 2.45) is 0 Å². The minimum absolute atomic E-state index is 0.0433. The van der Waals surface area contributed by atoms with Gasteiger partial charge in [-0.25, -0.2) is 13.1 Å². The number of rotatable bonds is 9. The van der Waals surface area contributed by atoms with Gasteiger partial charge >= 0.3 is 0 Å². The van der Waals surface area contributed by atoms with Gasteiger partial charge < -0.3 is 9.64 Å². The van der Waals surface area contributed by atoms with E-state index in [1.54, 1.807) is 24.0 Å². The standard InChI is InChI=1S/C16H26N2O4S/c1-5-6-10-18(14(3)19)11-9-17-23(20,21)16-8-7-15(22-4)12-13(16)2/h7-8,12,17H,5-6,9-11H2,1-4H3. The molecule has 1 aromatic carbocycles. The van der Waals surface area contributed by atoms with Crippen LogP contribution in [0.2, 0.25) is 0 Å². The number of methoxy groups -OCH3 is 1. The topological polar surface area (TPSA) is 75.7 Å². The summed E-state index contributed by atoms with van der Waals surface area (Å²) in [6.07, 6.45) is 1.89. The average Bonchev–Trinajstić information content (AvgIpc) is 2.49. The van der Waals surface area contributed by atoms with Crippen molar-refractivity contribution in [3.8, 4) is 5.75 Å². The van der Waals surface area contributed by atoms with E-state index < -0.39 is 10.0 Å². The lowest BCUT2D eigenvalue weighted by Crippen LogP contribution is -2.38. The summed E-state index contributed by atoms with van der Waals surface area (Å²) in [4.78, 5) is 13.4. The second-order valence-corrected chi connectivity index (χ2v) is 7.12. The van der Waals surface area contributed by atoms with E-state index in [1.807, 2.05) is 6.92 Å². The number of nitrogens with one attached hydrogen (secondary N) is 1. The molecule has 0 bridgehead atoms. The van der Waals surface area contributed by atoms with Crippen molar-refractivity contribution >= 4 is 15.9 Å². The molecule has 1 amide bonds. The van der Waals surface area contributed by atoms with E-state index >= 15 is 0 Å². The Morgan fingerprint density at radius 3 is 2.52 bits per heavy atom. The summed E-state index contributed by atoms with van der Waals surface area (Å²) in [5, 5.41) is 0. The van der Waals surface area contributed by atoms with Crippen molar-refractivity contribution in [1.29, 1.82) is 0 Å². The summed E-state index contributed by atoms with van der Waals surface area (Å²) >= 11 is 0. The van der Waals surface area contributed by atoms with E-state index in [4.69, 9.17) is 4.74 Å². The average molecular weight is 342 g/mol. The number of carbonyl (C=O) groups is 1. The summed E-state index contributed by atoms with van der Waals surface area (Å²) < 4.78 is 32.4. The Morgan fingerprint density at radius 1 is 1.30 bits per heavy atom. The highest BCUT2D eigenvalue weighted by molar-refractivity contribution is 7.89. The number of sulfonamides is 1. The zero-order chi connectivity index (χ0) is 17.5. The first-order valence-electron chi connectivity index (χ1n) is 7.71. The lowest BCUT2D eigenvalue weighted by atomic mass is 10.2. The van der Waals surface area contributed by atoms with E-state index in [0.717, 1.165) is 12.8 Å². The Hall–Kier alpha value is -1.60. The monoisotopic (exact) mass is 342 g/mol. The van der Waals surface area contributed by atoms with E-state index in [9.17, 15) is 13.2 Å². The van der Waals surface area contributed by atoms with Gasteiger partial charge in [-0.2, -0.15) is 0 Å². The van der Waals surface area contributed by atoms with Crippen molar-refractivity contribution in [2.75, 3.05) is 26.7 Å². The van der Waals surface area contributed by atoms with Crippen molar-refractivity contribution in [2.45, 2.75) is 38.5 Å². The number of carbonyl (C=O) groups excluding carboxylic acids is 1. The van der Waals surface area contributed by atoms with Gasteiger partial charge in [0.15, 0.2) is 0 Å². The van der Waals surface area contributed by atoms with Gasteiger partial charge in [-0.3, -0.25) is 4.79 Å². The van der Waals surface area contributed by atoms with E-state index in [1.165, 1.54) is 20.1 Å². The predicted octanol–water partition coefficient (Wildman–Crippen LogP) is 1.93. The zero-order valence-corrected chi connectivity index (χ0v) is 15.1. The molecule has 23 heavy (non-hydrogen) atoms. The van der Waals surface area contributed by atoms with Crippen LogP contribution in [0.25, 0.3) is 0 Å². The molecule has 0 radical (unpaired) electrons. The number of aryl methyl sites for hydroxylation is 1. The lowest BCUT2D eigenvalue weighted by Gasteiger charge is -2.21. The van der Waals surface area contributed by atoms with Crippen LogP contribution >= 0.6 is 0 Å². The number of hydrogen-bond acceptors (Lipinski definition) is 4. The summed E-state index contributed by atoms with van der Waals surface area (Å²) in [6.45, 7) is 6.47. The molecule has 1 aromatic rings. The van der Waals surface area contributed by atoms with Crippen LogP contribution in [-0.4, -0.2) is 46.0 Å². The fourth-order valence-corrected chi connectivity index (χ4v) is 3.46. The van der Waals surface area contributed by atoms with Crippen LogP contribution in [0.5, 0.6) is 5.75 Å². The number of ether oxygens (including phenoxy) is 1. The maximum atomic E-state index is 12.4. The molecule has 0 aliphatic heterocycles. The lowest BCUT2D eigenvalue weighted by molar-refractivity contribution is -0.128. The molecule has 0 saturated heterocycles. The molecule has 0 saturated carbocycles. The summed E-state index contributed by atoms with van der Waals surface area (Å²) in [7, 11) is -2.07. The van der Waals surface area contributed by atoms with Gasteiger partial charge in [0.1, 0.15) is 5.75 Å². The molecule has 0 aliphatic carbocycles. The number of unbranched alkanes of at least 4 members (excludes halogenated alkanes) is 1. The number of nitrogens with zero attached hydrogens (tertiary/aromatic N) is 1. The summed E-state index contributed by atoms with van der Waals surface area (Å²) in [6, 6.07) is 4.82. The van der Waals surface area contributed by atoms with Gasteiger partial charge in [0.05, 0.1) is 12.0 Å². The minimum Gasteiger partial charge on any atom is -0.497 e. The first kappa shape index (κ1) is 19.4. The molecule has 130 valence electrons. The van der Waals surface area contributed by atoms with E-state index in [2.05, 4.69) is 4.72 Å².